The third kappa shape index (κ3) is 5.83. The second kappa shape index (κ2) is 10.7. The molecule has 2 amide bonds. The number of phenols is 1. The molecule has 3 fully saturated rings. The number of piperidine rings is 1. The molecule has 32 heavy (non-hydrogen) atoms. The number of hydrogen-bond acceptors (Lipinski definition) is 4. The molecule has 2 bridgehead atoms. The lowest BCUT2D eigenvalue weighted by Crippen LogP contribution is -2.47. The van der Waals surface area contributed by atoms with Crippen LogP contribution in [0, 0.1) is 5.92 Å². The van der Waals surface area contributed by atoms with Gasteiger partial charge in [0, 0.05) is 44.6 Å². The van der Waals surface area contributed by atoms with E-state index in [0.29, 0.717) is 29.7 Å². The molecule has 0 radical (unpaired) electrons. The highest BCUT2D eigenvalue weighted by Gasteiger charge is 2.41. The predicted octanol–water partition coefficient (Wildman–Crippen LogP) is 3.78. The minimum Gasteiger partial charge on any atom is -0.508 e. The topological polar surface area (TPSA) is 86.9 Å². The molecule has 3 N–H and O–H groups in total. The van der Waals surface area contributed by atoms with Gasteiger partial charge in [0.15, 0.2) is 0 Å². The van der Waals surface area contributed by atoms with E-state index in [1.165, 1.54) is 50.5 Å². The molecule has 2 heterocycles. The fourth-order valence-corrected chi connectivity index (χ4v) is 6.31. The summed E-state index contributed by atoms with van der Waals surface area (Å²) >= 11 is 0. The largest absolute Gasteiger partial charge is 0.508 e. The van der Waals surface area contributed by atoms with Crippen molar-refractivity contribution < 1.29 is 14.7 Å². The van der Waals surface area contributed by atoms with Gasteiger partial charge in [-0.3, -0.25) is 14.5 Å². The average Bonchev–Trinajstić information content (AvgIpc) is 3.02. The zero-order chi connectivity index (χ0) is 22.5. The number of primary amides is 1. The minimum absolute atomic E-state index is 0.0800. The van der Waals surface area contributed by atoms with Gasteiger partial charge >= 0.3 is 0 Å². The summed E-state index contributed by atoms with van der Waals surface area (Å²) in [5.74, 6) is 1.13. The number of carbonyl (C=O) groups is 2. The number of nitrogens with two attached hydrogens (primary N) is 1. The number of carbonyl (C=O) groups excluding carboxylic acids is 2. The first-order valence-corrected chi connectivity index (χ1v) is 12.6. The molecule has 2 saturated heterocycles. The van der Waals surface area contributed by atoms with Crippen LogP contribution in [-0.2, 0) is 9.59 Å². The smallest absolute Gasteiger partial charge is 0.223 e. The Morgan fingerprint density at radius 3 is 2.41 bits per heavy atom. The second-order valence-corrected chi connectivity index (χ2v) is 10.2. The zero-order valence-corrected chi connectivity index (χ0v) is 19.3. The van der Waals surface area contributed by atoms with Gasteiger partial charge in [0.1, 0.15) is 5.75 Å². The predicted molar refractivity (Wildman–Crippen MR) is 125 cm³/mol. The van der Waals surface area contributed by atoms with Crippen LogP contribution in [0.3, 0.4) is 0 Å². The number of amides is 2. The number of nitrogens with zero attached hydrogens (tertiary/aromatic N) is 2. The van der Waals surface area contributed by atoms with E-state index in [1.807, 2.05) is 17.0 Å². The molecular formula is C26H39N3O3. The molecule has 3 atom stereocenters. The minimum atomic E-state index is -0.400. The van der Waals surface area contributed by atoms with Crippen molar-refractivity contribution in [2.75, 3.05) is 19.6 Å². The maximum Gasteiger partial charge on any atom is 0.223 e. The molecule has 4 rings (SSSR count). The van der Waals surface area contributed by atoms with E-state index < -0.39 is 5.91 Å². The normalized spacial score (nSPS) is 26.2. The molecule has 0 spiro atoms. The molecule has 176 valence electrons. The third-order valence-electron chi connectivity index (χ3n) is 8.00. The first kappa shape index (κ1) is 23.1. The standard InChI is InChI=1S/C26H39N3O3/c27-25(31)11-12-26(32)28(18-19-5-2-1-3-6-19)13-14-29-22-9-10-23(29)16-21(15-22)20-7-4-8-24(30)17-20/h4,7-8,17,19,21-23,30H,1-3,5-6,9-16,18H2,(H2,27,31)/t21?,22-,23+. The van der Waals surface area contributed by atoms with Gasteiger partial charge in [-0.05, 0) is 68.1 Å². The summed E-state index contributed by atoms with van der Waals surface area (Å²) < 4.78 is 0. The van der Waals surface area contributed by atoms with Crippen LogP contribution < -0.4 is 5.73 Å². The molecular weight excluding hydrogens is 402 g/mol. The molecule has 1 unspecified atom stereocenters. The summed E-state index contributed by atoms with van der Waals surface area (Å²) in [4.78, 5) is 28.8. The molecule has 6 heteroatoms. The molecule has 2 aliphatic heterocycles. The summed E-state index contributed by atoms with van der Waals surface area (Å²) in [7, 11) is 0. The Labute approximate surface area is 192 Å². The lowest BCUT2D eigenvalue weighted by atomic mass is 9.85. The van der Waals surface area contributed by atoms with Crippen molar-refractivity contribution in [1.29, 1.82) is 0 Å². The Morgan fingerprint density at radius 2 is 1.75 bits per heavy atom. The summed E-state index contributed by atoms with van der Waals surface area (Å²) in [6.07, 6.45) is 11.3. The molecule has 1 saturated carbocycles. The zero-order valence-electron chi connectivity index (χ0n) is 19.3. The SMILES string of the molecule is NC(=O)CCC(=O)N(CCN1[C@@H]2CC[C@H]1CC(c1cccc(O)c1)C2)CC1CCCCC1. The van der Waals surface area contributed by atoms with Crippen LogP contribution >= 0.6 is 0 Å². The Bertz CT molecular complexity index is 778. The van der Waals surface area contributed by atoms with E-state index in [4.69, 9.17) is 5.73 Å². The number of phenolic OH excluding ortho intramolecular Hbond substituents is 1. The van der Waals surface area contributed by atoms with Gasteiger partial charge in [-0.1, -0.05) is 31.4 Å². The number of fused-ring (bicyclic) bond motifs is 2. The first-order chi connectivity index (χ1) is 15.5. The van der Waals surface area contributed by atoms with Crippen molar-refractivity contribution in [1.82, 2.24) is 9.80 Å². The monoisotopic (exact) mass is 441 g/mol. The Kier molecular flexibility index (Phi) is 7.71. The maximum atomic E-state index is 12.9. The lowest BCUT2D eigenvalue weighted by Gasteiger charge is -2.40. The Morgan fingerprint density at radius 1 is 1.03 bits per heavy atom. The van der Waals surface area contributed by atoms with Crippen molar-refractivity contribution in [3.05, 3.63) is 29.8 Å². The molecule has 1 aromatic carbocycles. The van der Waals surface area contributed by atoms with Gasteiger partial charge in [-0.25, -0.2) is 0 Å². The van der Waals surface area contributed by atoms with Crippen LogP contribution in [0.15, 0.2) is 24.3 Å². The molecule has 6 nitrogen and oxygen atoms in total. The van der Waals surface area contributed by atoms with E-state index in [0.717, 1.165) is 32.5 Å². The summed E-state index contributed by atoms with van der Waals surface area (Å²) in [6, 6.07) is 8.85. The van der Waals surface area contributed by atoms with E-state index in [9.17, 15) is 14.7 Å². The van der Waals surface area contributed by atoms with Crippen molar-refractivity contribution in [2.24, 2.45) is 11.7 Å². The quantitative estimate of drug-likeness (QED) is 0.611. The van der Waals surface area contributed by atoms with Crippen LogP contribution in [0.2, 0.25) is 0 Å². The van der Waals surface area contributed by atoms with Crippen LogP contribution in [-0.4, -0.2) is 58.4 Å². The van der Waals surface area contributed by atoms with Gasteiger partial charge in [-0.2, -0.15) is 0 Å². The summed E-state index contributed by atoms with van der Waals surface area (Å²) in [5.41, 5.74) is 6.55. The van der Waals surface area contributed by atoms with Gasteiger partial charge in [0.25, 0.3) is 0 Å². The fraction of sp³-hybridized carbons (Fsp3) is 0.692. The van der Waals surface area contributed by atoms with Gasteiger partial charge < -0.3 is 15.7 Å². The van der Waals surface area contributed by atoms with Gasteiger partial charge in [0.05, 0.1) is 0 Å². The summed E-state index contributed by atoms with van der Waals surface area (Å²) in [6.45, 7) is 2.49. The van der Waals surface area contributed by atoms with Crippen molar-refractivity contribution in [3.63, 3.8) is 0 Å². The molecule has 3 aliphatic rings. The van der Waals surface area contributed by atoms with Gasteiger partial charge in [-0.15, -0.1) is 0 Å². The third-order valence-corrected chi connectivity index (χ3v) is 8.00. The lowest BCUT2D eigenvalue weighted by molar-refractivity contribution is -0.134. The highest BCUT2D eigenvalue weighted by Crippen LogP contribution is 2.43. The first-order valence-electron chi connectivity index (χ1n) is 12.6. The Balaban J connectivity index is 1.35. The second-order valence-electron chi connectivity index (χ2n) is 10.2. The number of aromatic hydroxyl groups is 1. The molecule has 1 aliphatic carbocycles. The number of rotatable bonds is 9. The fourth-order valence-electron chi connectivity index (χ4n) is 6.31. The van der Waals surface area contributed by atoms with Crippen LogP contribution in [0.25, 0.3) is 0 Å². The maximum absolute atomic E-state index is 12.9. The number of hydrogen-bond donors (Lipinski definition) is 2. The molecule has 0 aromatic heterocycles. The Hall–Kier alpha value is -2.08. The van der Waals surface area contributed by atoms with Crippen LogP contribution in [0.5, 0.6) is 5.75 Å². The van der Waals surface area contributed by atoms with E-state index in [2.05, 4.69) is 11.0 Å². The van der Waals surface area contributed by atoms with Crippen molar-refractivity contribution in [3.8, 4) is 5.75 Å². The van der Waals surface area contributed by atoms with Crippen molar-refractivity contribution >= 4 is 11.8 Å². The average molecular weight is 442 g/mol. The highest BCUT2D eigenvalue weighted by atomic mass is 16.3. The van der Waals surface area contributed by atoms with E-state index in [1.54, 1.807) is 6.07 Å². The summed E-state index contributed by atoms with van der Waals surface area (Å²) in [5, 5.41) is 9.88. The van der Waals surface area contributed by atoms with E-state index >= 15 is 0 Å². The molecule has 1 aromatic rings. The number of benzene rings is 1. The van der Waals surface area contributed by atoms with Gasteiger partial charge in [0.2, 0.25) is 11.8 Å². The van der Waals surface area contributed by atoms with Crippen LogP contribution in [0.1, 0.15) is 82.1 Å². The van der Waals surface area contributed by atoms with Crippen molar-refractivity contribution in [2.45, 2.75) is 88.6 Å². The highest BCUT2D eigenvalue weighted by molar-refractivity contribution is 5.82. The van der Waals surface area contributed by atoms with Crippen LogP contribution in [0.4, 0.5) is 0 Å². The van der Waals surface area contributed by atoms with E-state index in [-0.39, 0.29) is 18.7 Å².